The van der Waals surface area contributed by atoms with E-state index in [1.54, 1.807) is 6.92 Å². The quantitative estimate of drug-likeness (QED) is 0.549. The van der Waals surface area contributed by atoms with Crippen LogP contribution < -0.4 is 0 Å². The highest BCUT2D eigenvalue weighted by atomic mass is 16.6. The summed E-state index contributed by atoms with van der Waals surface area (Å²) in [5, 5.41) is 0. The lowest BCUT2D eigenvalue weighted by atomic mass is 9.79. The Morgan fingerprint density at radius 1 is 1.32 bits per heavy atom. The van der Waals surface area contributed by atoms with Gasteiger partial charge in [-0.3, -0.25) is 14.4 Å². The molecule has 0 spiro atoms. The molecule has 0 N–H and O–H groups in total. The second-order valence-corrected chi connectivity index (χ2v) is 6.55. The smallest absolute Gasteiger partial charge is 0.309 e. The lowest BCUT2D eigenvalue weighted by molar-refractivity contribution is -0.151. The normalized spacial score (nSPS) is 38.5. The lowest BCUT2D eigenvalue weighted by Crippen LogP contribution is -2.37. The molecule has 2 rings (SSSR count). The van der Waals surface area contributed by atoms with Gasteiger partial charge in [0.1, 0.15) is 18.0 Å². The third kappa shape index (κ3) is 3.57. The van der Waals surface area contributed by atoms with Crippen LogP contribution >= 0.6 is 0 Å². The Morgan fingerprint density at radius 3 is 2.64 bits per heavy atom. The van der Waals surface area contributed by atoms with Gasteiger partial charge in [0, 0.05) is 31.6 Å². The summed E-state index contributed by atoms with van der Waals surface area (Å²) in [4.78, 5) is 35.5. The third-order valence-electron chi connectivity index (χ3n) is 4.70. The SMILES string of the molecule is CC(=O)O[C@H]1C/C(C)=C\CC(=O)[C@@H](C)C[C@H]2OC(=O)[C@H](C)[C@H]12. The number of esters is 2. The van der Waals surface area contributed by atoms with Crippen molar-refractivity contribution >= 4 is 17.7 Å². The predicted molar refractivity (Wildman–Crippen MR) is 79.9 cm³/mol. The highest BCUT2D eigenvalue weighted by molar-refractivity contribution is 5.82. The number of hydrogen-bond acceptors (Lipinski definition) is 5. The van der Waals surface area contributed by atoms with Gasteiger partial charge in [-0.2, -0.15) is 0 Å². The Balaban J connectivity index is 2.35. The molecule has 122 valence electrons. The molecule has 1 fully saturated rings. The highest BCUT2D eigenvalue weighted by Gasteiger charge is 2.48. The molecule has 1 saturated heterocycles. The number of ether oxygens (including phenoxy) is 2. The summed E-state index contributed by atoms with van der Waals surface area (Å²) < 4.78 is 11.0. The first-order chi connectivity index (χ1) is 10.3. The third-order valence-corrected chi connectivity index (χ3v) is 4.70. The highest BCUT2D eigenvalue weighted by Crippen LogP contribution is 2.38. The Hall–Kier alpha value is -1.65. The fourth-order valence-electron chi connectivity index (χ4n) is 3.41. The van der Waals surface area contributed by atoms with Crippen molar-refractivity contribution in [1.29, 1.82) is 0 Å². The second kappa shape index (κ2) is 6.63. The van der Waals surface area contributed by atoms with E-state index in [1.165, 1.54) is 6.92 Å². The minimum Gasteiger partial charge on any atom is -0.462 e. The van der Waals surface area contributed by atoms with Gasteiger partial charge in [-0.15, -0.1) is 0 Å². The van der Waals surface area contributed by atoms with Crippen molar-refractivity contribution in [3.05, 3.63) is 11.6 Å². The summed E-state index contributed by atoms with van der Waals surface area (Å²) in [6, 6.07) is 0. The maximum absolute atomic E-state index is 12.1. The van der Waals surface area contributed by atoms with Crippen LogP contribution in [0.25, 0.3) is 0 Å². The number of carbonyl (C=O) groups is 3. The summed E-state index contributed by atoms with van der Waals surface area (Å²) in [5.74, 6) is -1.18. The number of hydrogen-bond donors (Lipinski definition) is 0. The van der Waals surface area contributed by atoms with Gasteiger partial charge in [0.2, 0.25) is 0 Å². The van der Waals surface area contributed by atoms with E-state index < -0.39 is 0 Å². The number of allylic oxidation sites excluding steroid dienone is 1. The molecular weight excluding hydrogens is 284 g/mol. The van der Waals surface area contributed by atoms with E-state index in [9.17, 15) is 14.4 Å². The molecule has 0 saturated carbocycles. The summed E-state index contributed by atoms with van der Waals surface area (Å²) in [7, 11) is 0. The number of ketones is 1. The molecule has 5 nitrogen and oxygen atoms in total. The molecule has 0 bridgehead atoms. The minimum atomic E-state index is -0.388. The Morgan fingerprint density at radius 2 is 2.00 bits per heavy atom. The van der Waals surface area contributed by atoms with Gasteiger partial charge >= 0.3 is 11.9 Å². The zero-order valence-corrected chi connectivity index (χ0v) is 13.6. The lowest BCUT2D eigenvalue weighted by Gasteiger charge is -2.30. The molecule has 5 heteroatoms. The molecule has 1 aliphatic heterocycles. The van der Waals surface area contributed by atoms with E-state index >= 15 is 0 Å². The number of fused-ring (bicyclic) bond motifs is 1. The van der Waals surface area contributed by atoms with Crippen LogP contribution in [-0.2, 0) is 23.9 Å². The molecule has 0 amide bonds. The molecule has 2 aliphatic rings. The zero-order chi connectivity index (χ0) is 16.4. The summed E-state index contributed by atoms with van der Waals surface area (Å²) >= 11 is 0. The van der Waals surface area contributed by atoms with Crippen LogP contribution in [0.15, 0.2) is 11.6 Å². The number of rotatable bonds is 1. The number of carbonyl (C=O) groups excluding carboxylic acids is 3. The molecule has 0 aromatic carbocycles. The van der Waals surface area contributed by atoms with Crippen molar-refractivity contribution < 1.29 is 23.9 Å². The molecule has 0 aromatic heterocycles. The first kappa shape index (κ1) is 16.7. The van der Waals surface area contributed by atoms with Crippen LogP contribution in [0.2, 0.25) is 0 Å². The molecular formula is C17H24O5. The Kier molecular flexibility index (Phi) is 5.04. The van der Waals surface area contributed by atoms with E-state index in [4.69, 9.17) is 9.47 Å². The minimum absolute atomic E-state index is 0.152. The van der Waals surface area contributed by atoms with Crippen molar-refractivity contribution in [3.8, 4) is 0 Å². The zero-order valence-electron chi connectivity index (χ0n) is 13.6. The van der Waals surface area contributed by atoms with Crippen LogP contribution in [0.4, 0.5) is 0 Å². The van der Waals surface area contributed by atoms with Crippen molar-refractivity contribution in [1.82, 2.24) is 0 Å². The maximum atomic E-state index is 12.1. The summed E-state index contributed by atoms with van der Waals surface area (Å²) in [5.41, 5.74) is 0.999. The molecule has 0 aromatic rings. The van der Waals surface area contributed by atoms with E-state index in [0.717, 1.165) is 5.57 Å². The summed E-state index contributed by atoms with van der Waals surface area (Å²) in [6.45, 7) is 6.97. The molecule has 22 heavy (non-hydrogen) atoms. The summed E-state index contributed by atoms with van der Waals surface area (Å²) in [6.07, 6.45) is 2.55. The van der Waals surface area contributed by atoms with Gasteiger partial charge in [-0.25, -0.2) is 0 Å². The van der Waals surface area contributed by atoms with Crippen LogP contribution in [0.5, 0.6) is 0 Å². The standard InChI is InChI=1S/C17H24O5/c1-9-5-6-13(19)10(2)8-15-16(11(3)17(20)22-15)14(7-9)21-12(4)18/h5,10-11,14-16H,6-8H2,1-4H3/b9-5-/t10-,11+,14-,15+,16+/m0/s1. The first-order valence-electron chi connectivity index (χ1n) is 7.85. The van der Waals surface area contributed by atoms with Crippen LogP contribution in [0, 0.1) is 17.8 Å². The predicted octanol–water partition coefficient (Wildman–Crippen LogP) is 2.43. The fraction of sp³-hybridized carbons (Fsp3) is 0.706. The monoisotopic (exact) mass is 308 g/mol. The van der Waals surface area contributed by atoms with Crippen molar-refractivity contribution in [2.75, 3.05) is 0 Å². The molecule has 1 aliphatic carbocycles. The largest absolute Gasteiger partial charge is 0.462 e. The average molecular weight is 308 g/mol. The van der Waals surface area contributed by atoms with E-state index in [0.29, 0.717) is 19.3 Å². The Labute approximate surface area is 131 Å². The molecule has 0 radical (unpaired) electrons. The van der Waals surface area contributed by atoms with Crippen molar-refractivity contribution in [2.45, 2.75) is 59.2 Å². The molecule has 0 unspecified atom stereocenters. The molecule has 1 heterocycles. The van der Waals surface area contributed by atoms with Gasteiger partial charge in [-0.05, 0) is 13.3 Å². The maximum Gasteiger partial charge on any atom is 0.309 e. The van der Waals surface area contributed by atoms with E-state index in [-0.39, 0.29) is 47.7 Å². The van der Waals surface area contributed by atoms with Gasteiger partial charge in [0.15, 0.2) is 0 Å². The van der Waals surface area contributed by atoms with Crippen molar-refractivity contribution in [2.24, 2.45) is 17.8 Å². The van der Waals surface area contributed by atoms with Gasteiger partial charge in [0.05, 0.1) is 5.92 Å². The van der Waals surface area contributed by atoms with Gasteiger partial charge < -0.3 is 9.47 Å². The van der Waals surface area contributed by atoms with Crippen molar-refractivity contribution in [3.63, 3.8) is 0 Å². The van der Waals surface area contributed by atoms with Crippen LogP contribution in [0.1, 0.15) is 47.0 Å². The Bertz CT molecular complexity index is 507. The van der Waals surface area contributed by atoms with Gasteiger partial charge in [0.25, 0.3) is 0 Å². The first-order valence-corrected chi connectivity index (χ1v) is 7.85. The van der Waals surface area contributed by atoms with Gasteiger partial charge in [-0.1, -0.05) is 25.5 Å². The average Bonchev–Trinajstić information content (AvgIpc) is 2.69. The fourth-order valence-corrected chi connectivity index (χ4v) is 3.41. The topological polar surface area (TPSA) is 69.7 Å². The second-order valence-electron chi connectivity index (χ2n) is 6.55. The number of Topliss-reactive ketones (excluding diaryl/α,β-unsaturated/α-hetero) is 1. The van der Waals surface area contributed by atoms with E-state index in [1.807, 2.05) is 19.9 Å². The van der Waals surface area contributed by atoms with E-state index in [2.05, 4.69) is 0 Å². The van der Waals surface area contributed by atoms with Crippen LogP contribution in [0.3, 0.4) is 0 Å². The molecule has 5 atom stereocenters. The van der Waals surface area contributed by atoms with Crippen LogP contribution in [-0.4, -0.2) is 29.9 Å².